The number of hydrogen-bond donors (Lipinski definition) is 2. The van der Waals surface area contributed by atoms with Crippen molar-refractivity contribution in [3.63, 3.8) is 0 Å². The average Bonchev–Trinajstić information content (AvgIpc) is 3.05. The van der Waals surface area contributed by atoms with E-state index < -0.39 is 0 Å². The highest BCUT2D eigenvalue weighted by atomic mass is 16.3. The summed E-state index contributed by atoms with van der Waals surface area (Å²) in [6.07, 6.45) is 7.83. The van der Waals surface area contributed by atoms with Gasteiger partial charge in [0.2, 0.25) is 0 Å². The highest BCUT2D eigenvalue weighted by Gasteiger charge is 2.36. The molecular weight excluding hydrogens is 306 g/mol. The molecule has 0 radical (unpaired) electrons. The minimum Gasteiger partial charge on any atom is -0.394 e. The first-order valence-electron chi connectivity index (χ1n) is 9.70. The van der Waals surface area contributed by atoms with Crippen molar-refractivity contribution in [2.45, 2.75) is 56.4 Å². The first kappa shape index (κ1) is 16.8. The van der Waals surface area contributed by atoms with Crippen LogP contribution in [0.3, 0.4) is 0 Å². The van der Waals surface area contributed by atoms with E-state index in [9.17, 15) is 5.11 Å². The number of hydrogen-bond acceptors (Lipinski definition) is 2. The Kier molecular flexibility index (Phi) is 4.66. The summed E-state index contributed by atoms with van der Waals surface area (Å²) in [7, 11) is 0. The van der Waals surface area contributed by atoms with Crippen LogP contribution in [0.1, 0.15) is 53.9 Å². The van der Waals surface area contributed by atoms with Gasteiger partial charge in [-0.3, -0.25) is 0 Å². The number of fused-ring (bicyclic) bond motifs is 1. The topological polar surface area (TPSA) is 46.2 Å². The van der Waals surface area contributed by atoms with Gasteiger partial charge in [-0.15, -0.1) is 0 Å². The lowest BCUT2D eigenvalue weighted by atomic mass is 9.79. The molecule has 0 spiro atoms. The maximum Gasteiger partial charge on any atom is 0.0611 e. The van der Waals surface area contributed by atoms with Gasteiger partial charge in [0.05, 0.1) is 6.61 Å². The highest BCUT2D eigenvalue weighted by molar-refractivity contribution is 5.37. The Morgan fingerprint density at radius 2 is 1.88 bits per heavy atom. The van der Waals surface area contributed by atoms with E-state index in [1.807, 2.05) is 0 Å². The first-order chi connectivity index (χ1) is 12.1. The molecule has 2 aromatic carbocycles. The average molecular weight is 335 g/mol. The van der Waals surface area contributed by atoms with Gasteiger partial charge in [-0.25, -0.2) is 0 Å². The molecule has 0 heterocycles. The maximum atomic E-state index is 9.51. The van der Waals surface area contributed by atoms with Crippen LogP contribution in [-0.4, -0.2) is 17.3 Å². The highest BCUT2D eigenvalue weighted by Crippen LogP contribution is 2.40. The van der Waals surface area contributed by atoms with Crippen LogP contribution in [0.4, 0.5) is 0 Å². The second-order valence-electron chi connectivity index (χ2n) is 8.29. The Morgan fingerprint density at radius 3 is 2.64 bits per heavy atom. The van der Waals surface area contributed by atoms with Gasteiger partial charge in [-0.2, -0.15) is 0 Å². The zero-order valence-electron chi connectivity index (χ0n) is 15.0. The summed E-state index contributed by atoms with van der Waals surface area (Å²) in [6.45, 7) is 0.107. The molecule has 2 nitrogen and oxygen atoms in total. The van der Waals surface area contributed by atoms with Gasteiger partial charge in [-0.1, -0.05) is 48.5 Å². The van der Waals surface area contributed by atoms with Gasteiger partial charge in [0, 0.05) is 5.54 Å². The predicted molar refractivity (Wildman–Crippen MR) is 103 cm³/mol. The van der Waals surface area contributed by atoms with E-state index in [1.54, 1.807) is 5.56 Å². The van der Waals surface area contributed by atoms with E-state index in [0.717, 1.165) is 25.2 Å². The molecule has 3 N–H and O–H groups in total. The van der Waals surface area contributed by atoms with E-state index in [0.29, 0.717) is 5.92 Å². The molecule has 2 aliphatic rings. The Bertz CT molecular complexity index is 726. The molecule has 1 saturated carbocycles. The smallest absolute Gasteiger partial charge is 0.0611 e. The molecule has 1 fully saturated rings. The third-order valence-corrected chi connectivity index (χ3v) is 6.36. The summed E-state index contributed by atoms with van der Waals surface area (Å²) in [5, 5.41) is 9.51. The maximum absolute atomic E-state index is 9.51. The Morgan fingerprint density at radius 1 is 1.04 bits per heavy atom. The number of rotatable bonds is 4. The molecule has 2 aromatic rings. The molecule has 2 aliphatic carbocycles. The van der Waals surface area contributed by atoms with Crippen molar-refractivity contribution in [1.82, 2.24) is 0 Å². The molecule has 1 unspecified atom stereocenters. The molecule has 25 heavy (non-hydrogen) atoms. The van der Waals surface area contributed by atoms with Crippen LogP contribution in [0.5, 0.6) is 0 Å². The van der Waals surface area contributed by atoms with Crippen LogP contribution in [0, 0.1) is 5.92 Å². The van der Waals surface area contributed by atoms with Gasteiger partial charge < -0.3 is 10.8 Å². The summed E-state index contributed by atoms with van der Waals surface area (Å²) < 4.78 is 0. The lowest BCUT2D eigenvalue weighted by Crippen LogP contribution is -2.40. The van der Waals surface area contributed by atoms with Crippen LogP contribution < -0.4 is 5.73 Å². The van der Waals surface area contributed by atoms with Gasteiger partial charge in [0.15, 0.2) is 0 Å². The van der Waals surface area contributed by atoms with Crippen molar-refractivity contribution < 1.29 is 5.11 Å². The third kappa shape index (κ3) is 3.65. The fourth-order valence-electron chi connectivity index (χ4n) is 4.81. The van der Waals surface area contributed by atoms with Crippen LogP contribution in [0.25, 0.3) is 0 Å². The first-order valence-corrected chi connectivity index (χ1v) is 9.70. The van der Waals surface area contributed by atoms with E-state index in [1.165, 1.54) is 42.4 Å². The molecule has 4 rings (SSSR count). The van der Waals surface area contributed by atoms with Crippen molar-refractivity contribution in [1.29, 1.82) is 0 Å². The van der Waals surface area contributed by atoms with Crippen molar-refractivity contribution in [3.05, 3.63) is 70.8 Å². The standard InChI is InChI=1S/C23H29NO/c24-23(16-25)11-10-22(15-23)21-9-8-19-13-18(6-7-20(19)14-21)12-17-4-2-1-3-5-17/h1-5,8-9,14,18,22,25H,6-7,10-13,15-16,24H2/t18-,22?,23-/m1/s1. The molecule has 132 valence electrons. The number of benzene rings is 2. The van der Waals surface area contributed by atoms with Crippen LogP contribution in [-0.2, 0) is 19.3 Å². The predicted octanol–water partition coefficient (Wildman–Crippen LogP) is 3.99. The number of aliphatic hydroxyl groups excluding tert-OH is 1. The monoisotopic (exact) mass is 335 g/mol. The van der Waals surface area contributed by atoms with E-state index in [-0.39, 0.29) is 12.1 Å². The lowest BCUT2D eigenvalue weighted by molar-refractivity contribution is 0.198. The van der Waals surface area contributed by atoms with Crippen LogP contribution in [0.15, 0.2) is 48.5 Å². The second-order valence-corrected chi connectivity index (χ2v) is 8.29. The summed E-state index contributed by atoms with van der Waals surface area (Å²) in [6, 6.07) is 18.0. The fourth-order valence-corrected chi connectivity index (χ4v) is 4.81. The van der Waals surface area contributed by atoms with Crippen molar-refractivity contribution in [2.75, 3.05) is 6.61 Å². The quantitative estimate of drug-likeness (QED) is 0.887. The normalized spacial score (nSPS) is 28.7. The van der Waals surface area contributed by atoms with Crippen molar-refractivity contribution >= 4 is 0 Å². The molecule has 0 amide bonds. The fraction of sp³-hybridized carbons (Fsp3) is 0.478. The lowest BCUT2D eigenvalue weighted by Gasteiger charge is -2.26. The molecule has 0 aliphatic heterocycles. The zero-order chi connectivity index (χ0) is 17.3. The number of nitrogens with two attached hydrogens (primary N) is 1. The Hall–Kier alpha value is -1.64. The zero-order valence-corrected chi connectivity index (χ0v) is 15.0. The molecule has 0 aromatic heterocycles. The second kappa shape index (κ2) is 6.93. The SMILES string of the molecule is N[C@]1(CO)CCC(c2ccc3c(c2)CC[C@H](Cc2ccccc2)C3)C1. The van der Waals surface area contributed by atoms with Gasteiger partial charge in [-0.05, 0) is 79.0 Å². The number of aliphatic hydroxyl groups is 1. The number of aryl methyl sites for hydroxylation is 1. The summed E-state index contributed by atoms with van der Waals surface area (Å²) >= 11 is 0. The Balaban J connectivity index is 1.45. The molecule has 0 saturated heterocycles. The van der Waals surface area contributed by atoms with Gasteiger partial charge >= 0.3 is 0 Å². The summed E-state index contributed by atoms with van der Waals surface area (Å²) in [5.41, 5.74) is 11.9. The van der Waals surface area contributed by atoms with Gasteiger partial charge in [0.1, 0.15) is 0 Å². The van der Waals surface area contributed by atoms with E-state index in [4.69, 9.17) is 5.73 Å². The summed E-state index contributed by atoms with van der Waals surface area (Å²) in [5.74, 6) is 1.28. The summed E-state index contributed by atoms with van der Waals surface area (Å²) in [4.78, 5) is 0. The third-order valence-electron chi connectivity index (χ3n) is 6.36. The van der Waals surface area contributed by atoms with Crippen LogP contribution >= 0.6 is 0 Å². The Labute approximate surface area is 151 Å². The molecule has 3 atom stereocenters. The molecule has 2 heteroatoms. The largest absolute Gasteiger partial charge is 0.394 e. The van der Waals surface area contributed by atoms with Crippen molar-refractivity contribution in [2.24, 2.45) is 11.7 Å². The van der Waals surface area contributed by atoms with Crippen molar-refractivity contribution in [3.8, 4) is 0 Å². The minimum absolute atomic E-state index is 0.107. The van der Waals surface area contributed by atoms with E-state index in [2.05, 4.69) is 48.5 Å². The minimum atomic E-state index is -0.360. The van der Waals surface area contributed by atoms with E-state index >= 15 is 0 Å². The van der Waals surface area contributed by atoms with Crippen LogP contribution in [0.2, 0.25) is 0 Å². The van der Waals surface area contributed by atoms with Gasteiger partial charge in [0.25, 0.3) is 0 Å². The molecule has 0 bridgehead atoms. The molecular formula is C23H29NO.